The number of rotatable bonds is 4. The van der Waals surface area contributed by atoms with Gasteiger partial charge in [-0.25, -0.2) is 4.99 Å². The van der Waals surface area contributed by atoms with Gasteiger partial charge in [0.2, 0.25) is 0 Å². The van der Waals surface area contributed by atoms with Gasteiger partial charge in [0.1, 0.15) is 4.38 Å². The van der Waals surface area contributed by atoms with Crippen molar-refractivity contribution >= 4 is 39.4 Å². The van der Waals surface area contributed by atoms with Gasteiger partial charge in [-0.1, -0.05) is 41.7 Å². The normalized spacial score (nSPS) is 13.8. The van der Waals surface area contributed by atoms with Crippen LogP contribution in [0.4, 0.5) is 5.69 Å². The topological polar surface area (TPSA) is 34.4 Å². The molecule has 0 N–H and O–H groups in total. The quantitative estimate of drug-likeness (QED) is 0.673. The average Bonchev–Trinajstić information content (AvgIpc) is 2.87. The molecule has 0 saturated heterocycles. The van der Waals surface area contributed by atoms with Crippen molar-refractivity contribution in [2.24, 2.45) is 4.99 Å². The van der Waals surface area contributed by atoms with Gasteiger partial charge < -0.3 is 4.57 Å². The molecule has 3 nitrogen and oxygen atoms in total. The van der Waals surface area contributed by atoms with Crippen molar-refractivity contribution < 1.29 is 4.79 Å². The van der Waals surface area contributed by atoms with Gasteiger partial charge in [-0.15, -0.1) is 0 Å². The molecular formula is C19H22N2OS2. The highest BCUT2D eigenvalue weighted by Crippen LogP contribution is 2.34. The SMILES string of the molecule is Cc1cc(C(=O)CSC2=Nc3ccccc3CS2)c(C)n1C(C)C. The summed E-state index contributed by atoms with van der Waals surface area (Å²) in [5, 5.41) is 0. The fourth-order valence-corrected chi connectivity index (χ4v) is 5.09. The molecule has 1 aromatic carbocycles. The number of aliphatic imine (C=N–C) groups is 1. The van der Waals surface area contributed by atoms with E-state index in [2.05, 4.69) is 36.4 Å². The fraction of sp³-hybridized carbons (Fsp3) is 0.368. The lowest BCUT2D eigenvalue weighted by Gasteiger charge is -2.14. The average molecular weight is 359 g/mol. The van der Waals surface area contributed by atoms with Gasteiger partial charge in [0, 0.05) is 28.7 Å². The fourth-order valence-electron chi connectivity index (χ4n) is 3.15. The first-order valence-electron chi connectivity index (χ1n) is 8.11. The largest absolute Gasteiger partial charge is 0.346 e. The van der Waals surface area contributed by atoms with Crippen molar-refractivity contribution in [2.45, 2.75) is 39.5 Å². The number of ketones is 1. The zero-order valence-electron chi connectivity index (χ0n) is 14.5. The van der Waals surface area contributed by atoms with E-state index in [9.17, 15) is 4.79 Å². The molecular weight excluding hydrogens is 336 g/mol. The molecule has 126 valence electrons. The summed E-state index contributed by atoms with van der Waals surface area (Å²) < 4.78 is 3.21. The molecule has 5 heteroatoms. The molecule has 0 atom stereocenters. The smallest absolute Gasteiger partial charge is 0.174 e. The van der Waals surface area contributed by atoms with Crippen LogP contribution in [0.2, 0.25) is 0 Å². The Bertz CT molecular complexity index is 806. The third kappa shape index (κ3) is 3.47. The highest BCUT2D eigenvalue weighted by Gasteiger charge is 2.19. The second-order valence-electron chi connectivity index (χ2n) is 6.26. The summed E-state index contributed by atoms with van der Waals surface area (Å²) in [5.41, 5.74) is 5.35. The van der Waals surface area contributed by atoms with E-state index in [1.807, 2.05) is 31.2 Å². The van der Waals surface area contributed by atoms with Crippen molar-refractivity contribution in [3.05, 3.63) is 52.8 Å². The number of fused-ring (bicyclic) bond motifs is 1. The third-order valence-corrected chi connectivity index (χ3v) is 6.43. The van der Waals surface area contributed by atoms with Crippen LogP contribution in [0.1, 0.15) is 47.2 Å². The maximum Gasteiger partial charge on any atom is 0.174 e. The van der Waals surface area contributed by atoms with Crippen molar-refractivity contribution in [3.8, 4) is 0 Å². The minimum atomic E-state index is 0.183. The Morgan fingerprint density at radius 1 is 1.33 bits per heavy atom. The number of carbonyl (C=O) groups is 1. The molecule has 1 aliphatic rings. The summed E-state index contributed by atoms with van der Waals surface area (Å²) in [6, 6.07) is 10.6. The molecule has 0 saturated carbocycles. The maximum atomic E-state index is 12.6. The van der Waals surface area contributed by atoms with Gasteiger partial charge in [0.15, 0.2) is 5.78 Å². The number of carbonyl (C=O) groups excluding carboxylic acids is 1. The number of hydrogen-bond donors (Lipinski definition) is 0. The molecule has 3 rings (SSSR count). The summed E-state index contributed by atoms with van der Waals surface area (Å²) in [4.78, 5) is 17.3. The summed E-state index contributed by atoms with van der Waals surface area (Å²) in [6.07, 6.45) is 0. The van der Waals surface area contributed by atoms with Gasteiger partial charge in [-0.05, 0) is 45.4 Å². The lowest BCUT2D eigenvalue weighted by Crippen LogP contribution is -2.09. The Labute approximate surface area is 151 Å². The Hall–Kier alpha value is -1.46. The van der Waals surface area contributed by atoms with Crippen LogP contribution < -0.4 is 0 Å². The standard InChI is InChI=1S/C19H22N2OS2/c1-12(2)21-13(3)9-16(14(21)4)18(22)11-24-19-20-17-8-6-5-7-15(17)10-23-19/h5-9,12H,10-11H2,1-4H3. The zero-order valence-corrected chi connectivity index (χ0v) is 16.1. The number of aromatic nitrogens is 1. The second kappa shape index (κ2) is 7.19. The van der Waals surface area contributed by atoms with Crippen LogP contribution in [-0.4, -0.2) is 20.5 Å². The molecule has 0 radical (unpaired) electrons. The van der Waals surface area contributed by atoms with Crippen molar-refractivity contribution in [1.29, 1.82) is 0 Å². The van der Waals surface area contributed by atoms with E-state index < -0.39 is 0 Å². The molecule has 0 bridgehead atoms. The van der Waals surface area contributed by atoms with Crippen LogP contribution in [-0.2, 0) is 5.75 Å². The molecule has 24 heavy (non-hydrogen) atoms. The van der Waals surface area contributed by atoms with Crippen LogP contribution in [0.5, 0.6) is 0 Å². The van der Waals surface area contributed by atoms with Gasteiger partial charge >= 0.3 is 0 Å². The Kier molecular flexibility index (Phi) is 5.21. The molecule has 1 aromatic heterocycles. The monoisotopic (exact) mass is 358 g/mol. The van der Waals surface area contributed by atoms with Crippen molar-refractivity contribution in [1.82, 2.24) is 4.57 Å². The highest BCUT2D eigenvalue weighted by atomic mass is 32.2. The summed E-state index contributed by atoms with van der Waals surface area (Å²) in [7, 11) is 0. The minimum absolute atomic E-state index is 0.183. The van der Waals surface area contributed by atoms with Crippen molar-refractivity contribution in [2.75, 3.05) is 5.75 Å². The van der Waals surface area contributed by atoms with E-state index in [-0.39, 0.29) is 5.78 Å². The highest BCUT2D eigenvalue weighted by molar-refractivity contribution is 8.38. The Morgan fingerprint density at radius 2 is 2.08 bits per heavy atom. The van der Waals surface area contributed by atoms with E-state index in [4.69, 9.17) is 0 Å². The number of Topliss-reactive ketones (excluding diaryl/α,β-unsaturated/α-hetero) is 1. The number of thioether (sulfide) groups is 2. The number of para-hydroxylation sites is 1. The molecule has 2 heterocycles. The van der Waals surface area contributed by atoms with E-state index in [1.165, 1.54) is 5.56 Å². The van der Waals surface area contributed by atoms with Crippen LogP contribution in [0.3, 0.4) is 0 Å². The van der Waals surface area contributed by atoms with Gasteiger partial charge in [-0.3, -0.25) is 4.79 Å². The first-order chi connectivity index (χ1) is 11.5. The predicted octanol–water partition coefficient (Wildman–Crippen LogP) is 5.54. The Morgan fingerprint density at radius 3 is 2.79 bits per heavy atom. The molecule has 0 spiro atoms. The van der Waals surface area contributed by atoms with Crippen LogP contribution in [0.25, 0.3) is 0 Å². The summed E-state index contributed by atoms with van der Waals surface area (Å²) in [6.45, 7) is 8.39. The molecule has 0 amide bonds. The van der Waals surface area contributed by atoms with Crippen LogP contribution in [0.15, 0.2) is 35.3 Å². The van der Waals surface area contributed by atoms with Crippen LogP contribution in [0, 0.1) is 13.8 Å². The first-order valence-corrected chi connectivity index (χ1v) is 10.1. The molecule has 0 aliphatic carbocycles. The lowest BCUT2D eigenvalue weighted by molar-refractivity contribution is 0.102. The van der Waals surface area contributed by atoms with Gasteiger partial charge in [0.25, 0.3) is 0 Å². The van der Waals surface area contributed by atoms with E-state index in [0.29, 0.717) is 11.8 Å². The third-order valence-electron chi connectivity index (χ3n) is 4.18. The van der Waals surface area contributed by atoms with Crippen molar-refractivity contribution in [3.63, 3.8) is 0 Å². The molecule has 0 unspecified atom stereocenters. The Balaban J connectivity index is 1.71. The second-order valence-corrected chi connectivity index (χ2v) is 8.44. The number of nitrogens with zero attached hydrogens (tertiary/aromatic N) is 2. The number of benzene rings is 1. The first kappa shape index (κ1) is 17.4. The van der Waals surface area contributed by atoms with E-state index in [1.54, 1.807) is 23.5 Å². The van der Waals surface area contributed by atoms with Gasteiger partial charge in [-0.2, -0.15) is 0 Å². The zero-order chi connectivity index (χ0) is 17.3. The summed E-state index contributed by atoms with van der Waals surface area (Å²) >= 11 is 3.27. The molecule has 1 aliphatic heterocycles. The van der Waals surface area contributed by atoms with E-state index in [0.717, 1.165) is 32.8 Å². The molecule has 2 aromatic rings. The van der Waals surface area contributed by atoms with Crippen LogP contribution >= 0.6 is 23.5 Å². The molecule has 0 fully saturated rings. The number of aryl methyl sites for hydroxylation is 1. The van der Waals surface area contributed by atoms with Gasteiger partial charge in [0.05, 0.1) is 11.4 Å². The van der Waals surface area contributed by atoms with E-state index >= 15 is 0 Å². The predicted molar refractivity (Wildman–Crippen MR) is 106 cm³/mol. The number of hydrogen-bond acceptors (Lipinski definition) is 4. The lowest BCUT2D eigenvalue weighted by atomic mass is 10.2. The maximum absolute atomic E-state index is 12.6. The summed E-state index contributed by atoms with van der Waals surface area (Å²) in [5.74, 6) is 1.55. The minimum Gasteiger partial charge on any atom is -0.346 e.